The molecule has 110 valence electrons. The minimum atomic E-state index is -0.547. The van der Waals surface area contributed by atoms with Gasteiger partial charge in [0.05, 0.1) is 13.2 Å². The monoisotopic (exact) mass is 272 g/mol. The van der Waals surface area contributed by atoms with Crippen LogP contribution in [-0.2, 0) is 24.0 Å². The predicted octanol–water partition coefficient (Wildman–Crippen LogP) is 2.46. The van der Waals surface area contributed by atoms with E-state index in [2.05, 4.69) is 27.4 Å². The molecule has 0 saturated carbocycles. The molecule has 0 aromatic carbocycles. The number of rotatable bonds is 7. The highest BCUT2D eigenvalue weighted by molar-refractivity contribution is 5.86. The lowest BCUT2D eigenvalue weighted by Crippen LogP contribution is -2.31. The Bertz CT molecular complexity index is 307. The van der Waals surface area contributed by atoms with Gasteiger partial charge in [-0.2, -0.15) is 4.89 Å². The fourth-order valence-electron chi connectivity index (χ4n) is 1.68. The molecule has 1 aliphatic heterocycles. The molecule has 0 N–H and O–H groups in total. The van der Waals surface area contributed by atoms with E-state index in [1.165, 1.54) is 0 Å². The number of ether oxygens (including phenoxy) is 2. The summed E-state index contributed by atoms with van der Waals surface area (Å²) in [6.45, 7) is 12.5. The van der Waals surface area contributed by atoms with Crippen LogP contribution < -0.4 is 0 Å². The third-order valence-electron chi connectivity index (χ3n) is 3.35. The molecule has 2 atom stereocenters. The molecule has 0 amide bonds. The Kier molecular flexibility index (Phi) is 6.48. The van der Waals surface area contributed by atoms with E-state index in [1.54, 1.807) is 6.92 Å². The van der Waals surface area contributed by atoms with Gasteiger partial charge in [-0.3, -0.25) is 4.89 Å². The van der Waals surface area contributed by atoms with Crippen LogP contribution in [0.5, 0.6) is 0 Å². The van der Waals surface area contributed by atoms with Gasteiger partial charge in [-0.05, 0) is 18.8 Å². The summed E-state index contributed by atoms with van der Waals surface area (Å²) in [5, 5.41) is 0. The molecule has 5 heteroatoms. The maximum atomic E-state index is 11.4. The first-order valence-electron chi connectivity index (χ1n) is 6.68. The normalized spacial score (nSPS) is 19.4. The zero-order chi connectivity index (χ0) is 14.4. The van der Waals surface area contributed by atoms with E-state index >= 15 is 0 Å². The summed E-state index contributed by atoms with van der Waals surface area (Å²) in [5.41, 5.74) is 0.310. The topological polar surface area (TPSA) is 54.0 Å². The summed E-state index contributed by atoms with van der Waals surface area (Å²) in [4.78, 5) is 21.4. The van der Waals surface area contributed by atoms with Crippen molar-refractivity contribution in [3.8, 4) is 0 Å². The molecule has 19 heavy (non-hydrogen) atoms. The highest BCUT2D eigenvalue weighted by atomic mass is 17.2. The largest absolute Gasteiger partial charge is 0.368 e. The summed E-state index contributed by atoms with van der Waals surface area (Å²) in [6, 6.07) is 0. The van der Waals surface area contributed by atoms with Gasteiger partial charge in [0.2, 0.25) is 0 Å². The van der Waals surface area contributed by atoms with Crippen LogP contribution in [0, 0.1) is 11.8 Å². The Balaban J connectivity index is 2.52. The summed E-state index contributed by atoms with van der Waals surface area (Å²) < 4.78 is 10.8. The van der Waals surface area contributed by atoms with Crippen LogP contribution in [0.25, 0.3) is 0 Å². The van der Waals surface area contributed by atoms with Crippen molar-refractivity contribution >= 4 is 5.97 Å². The number of carbonyl (C=O) groups excluding carboxylic acids is 1. The zero-order valence-electron chi connectivity index (χ0n) is 12.2. The van der Waals surface area contributed by atoms with Crippen molar-refractivity contribution in [2.45, 2.75) is 46.5 Å². The molecule has 1 saturated heterocycles. The standard InChI is InChI=1S/C14H24O5/c1-9(2)11(5)12(8-13-16-6-7-17-13)18-19-14(15)10(3)4/h9,11-13H,3,6-8H2,1-2,4-5H3. The molecule has 0 aromatic rings. The Morgan fingerprint density at radius 1 is 1.32 bits per heavy atom. The minimum absolute atomic E-state index is 0.214. The van der Waals surface area contributed by atoms with Gasteiger partial charge in [0.15, 0.2) is 6.29 Å². The van der Waals surface area contributed by atoms with E-state index in [0.717, 1.165) is 0 Å². The van der Waals surface area contributed by atoms with Crippen molar-refractivity contribution in [1.82, 2.24) is 0 Å². The van der Waals surface area contributed by atoms with Gasteiger partial charge in [0.25, 0.3) is 0 Å². The average Bonchev–Trinajstić information content (AvgIpc) is 2.85. The van der Waals surface area contributed by atoms with Gasteiger partial charge in [0, 0.05) is 12.0 Å². The van der Waals surface area contributed by atoms with Gasteiger partial charge < -0.3 is 9.47 Å². The van der Waals surface area contributed by atoms with Crippen LogP contribution in [-0.4, -0.2) is 31.6 Å². The van der Waals surface area contributed by atoms with Gasteiger partial charge in [-0.25, -0.2) is 4.79 Å². The van der Waals surface area contributed by atoms with Crippen LogP contribution in [0.3, 0.4) is 0 Å². The van der Waals surface area contributed by atoms with Crippen molar-refractivity contribution in [2.75, 3.05) is 13.2 Å². The molecule has 0 aliphatic carbocycles. The number of hydrogen-bond donors (Lipinski definition) is 0. The van der Waals surface area contributed by atoms with Crippen LogP contribution in [0.2, 0.25) is 0 Å². The fourth-order valence-corrected chi connectivity index (χ4v) is 1.68. The van der Waals surface area contributed by atoms with E-state index in [9.17, 15) is 4.79 Å². The molecule has 0 radical (unpaired) electrons. The van der Waals surface area contributed by atoms with E-state index in [-0.39, 0.29) is 18.3 Å². The summed E-state index contributed by atoms with van der Waals surface area (Å²) in [5.74, 6) is 0.0647. The molecule has 0 spiro atoms. The van der Waals surface area contributed by atoms with Gasteiger partial charge >= 0.3 is 5.97 Å². The molecule has 1 fully saturated rings. The van der Waals surface area contributed by atoms with Crippen molar-refractivity contribution in [2.24, 2.45) is 11.8 Å². The van der Waals surface area contributed by atoms with Crippen LogP contribution >= 0.6 is 0 Å². The van der Waals surface area contributed by atoms with Crippen LogP contribution in [0.15, 0.2) is 12.2 Å². The number of carbonyl (C=O) groups is 1. The first-order valence-corrected chi connectivity index (χ1v) is 6.68. The summed E-state index contributed by atoms with van der Waals surface area (Å²) in [6.07, 6.45) is 0.00384. The lowest BCUT2D eigenvalue weighted by Gasteiger charge is -2.26. The Morgan fingerprint density at radius 3 is 2.37 bits per heavy atom. The van der Waals surface area contributed by atoms with Crippen molar-refractivity contribution in [3.63, 3.8) is 0 Å². The summed E-state index contributed by atoms with van der Waals surface area (Å²) >= 11 is 0. The minimum Gasteiger partial charge on any atom is -0.350 e. The van der Waals surface area contributed by atoms with Gasteiger partial charge in [-0.15, -0.1) is 0 Å². The highest BCUT2D eigenvalue weighted by Crippen LogP contribution is 2.24. The molecular formula is C14H24O5. The molecule has 1 aliphatic rings. The second-order valence-corrected chi connectivity index (χ2v) is 5.30. The molecule has 2 unspecified atom stereocenters. The molecule has 5 nitrogen and oxygen atoms in total. The smallest absolute Gasteiger partial charge is 0.350 e. The highest BCUT2D eigenvalue weighted by Gasteiger charge is 2.29. The zero-order valence-corrected chi connectivity index (χ0v) is 12.2. The Hall–Kier alpha value is -0.910. The first kappa shape index (κ1) is 16.1. The van der Waals surface area contributed by atoms with Gasteiger partial charge in [0.1, 0.15) is 6.10 Å². The van der Waals surface area contributed by atoms with E-state index in [1.807, 2.05) is 0 Å². The molecule has 1 heterocycles. The Morgan fingerprint density at radius 2 is 1.89 bits per heavy atom. The number of hydrogen-bond acceptors (Lipinski definition) is 5. The second kappa shape index (κ2) is 7.62. The fraction of sp³-hybridized carbons (Fsp3) is 0.786. The van der Waals surface area contributed by atoms with Gasteiger partial charge in [-0.1, -0.05) is 27.4 Å². The summed E-state index contributed by atoms with van der Waals surface area (Å²) in [7, 11) is 0. The maximum Gasteiger partial charge on any atom is 0.368 e. The lowest BCUT2D eigenvalue weighted by atomic mass is 9.90. The first-order chi connectivity index (χ1) is 8.91. The lowest BCUT2D eigenvalue weighted by molar-refractivity contribution is -0.312. The Labute approximate surface area is 114 Å². The third-order valence-corrected chi connectivity index (χ3v) is 3.35. The average molecular weight is 272 g/mol. The molecular weight excluding hydrogens is 248 g/mol. The van der Waals surface area contributed by atoms with Crippen molar-refractivity contribution in [1.29, 1.82) is 0 Å². The quantitative estimate of drug-likeness (QED) is 0.405. The third kappa shape index (κ3) is 5.30. The van der Waals surface area contributed by atoms with E-state index in [4.69, 9.17) is 19.2 Å². The molecule has 0 bridgehead atoms. The SMILES string of the molecule is C=C(C)C(=O)OOC(CC1OCCO1)C(C)C(C)C. The molecule has 0 aromatic heterocycles. The van der Waals surface area contributed by atoms with Crippen molar-refractivity contribution in [3.05, 3.63) is 12.2 Å². The maximum absolute atomic E-state index is 11.4. The molecule has 1 rings (SSSR count). The van der Waals surface area contributed by atoms with Crippen LogP contribution in [0.4, 0.5) is 0 Å². The van der Waals surface area contributed by atoms with Crippen molar-refractivity contribution < 1.29 is 24.0 Å². The van der Waals surface area contributed by atoms with E-state index in [0.29, 0.717) is 31.1 Å². The second-order valence-electron chi connectivity index (χ2n) is 5.30. The van der Waals surface area contributed by atoms with E-state index < -0.39 is 5.97 Å². The van der Waals surface area contributed by atoms with Crippen LogP contribution in [0.1, 0.15) is 34.1 Å². The predicted molar refractivity (Wildman–Crippen MR) is 70.1 cm³/mol.